The van der Waals surface area contributed by atoms with Gasteiger partial charge in [0, 0.05) is 31.5 Å². The molecule has 0 aliphatic carbocycles. The van der Waals surface area contributed by atoms with Crippen LogP contribution in [0, 0.1) is 0 Å². The lowest BCUT2D eigenvalue weighted by Gasteiger charge is -2.28. The number of aryl methyl sites for hydroxylation is 1. The smallest absolute Gasteiger partial charge is 0.237 e. The highest BCUT2D eigenvalue weighted by molar-refractivity contribution is 8.00. The number of aromatic nitrogens is 3. The molecule has 1 aromatic heterocycles. The van der Waals surface area contributed by atoms with Crippen molar-refractivity contribution in [1.29, 1.82) is 0 Å². The molecule has 7 nitrogen and oxygen atoms in total. The molecule has 1 aromatic carbocycles. The predicted octanol–water partition coefficient (Wildman–Crippen LogP) is 1.77. The number of anilines is 2. The van der Waals surface area contributed by atoms with Crippen molar-refractivity contribution in [2.24, 2.45) is 7.05 Å². The molecule has 1 unspecified atom stereocenters. The molecule has 24 heavy (non-hydrogen) atoms. The minimum Gasteiger partial charge on any atom is -0.378 e. The summed E-state index contributed by atoms with van der Waals surface area (Å²) in [6.45, 7) is 5.18. The van der Waals surface area contributed by atoms with Crippen LogP contribution >= 0.6 is 11.8 Å². The highest BCUT2D eigenvalue weighted by Gasteiger charge is 2.17. The maximum Gasteiger partial charge on any atom is 0.237 e. The number of hydrogen-bond acceptors (Lipinski definition) is 6. The zero-order valence-corrected chi connectivity index (χ0v) is 14.6. The third kappa shape index (κ3) is 4.07. The average molecular weight is 347 g/mol. The Kier molecular flexibility index (Phi) is 5.37. The first-order valence-corrected chi connectivity index (χ1v) is 8.76. The molecular formula is C16H21N5O2S. The first kappa shape index (κ1) is 16.8. The number of rotatable bonds is 5. The number of carbonyl (C=O) groups excluding carboxylic acids is 1. The van der Waals surface area contributed by atoms with Crippen LogP contribution in [0.5, 0.6) is 0 Å². The average Bonchev–Trinajstić information content (AvgIpc) is 3.01. The van der Waals surface area contributed by atoms with E-state index in [1.165, 1.54) is 11.8 Å². The van der Waals surface area contributed by atoms with Crippen LogP contribution in [0.15, 0.2) is 35.7 Å². The monoisotopic (exact) mass is 347 g/mol. The summed E-state index contributed by atoms with van der Waals surface area (Å²) in [5.74, 6) is -0.0536. The van der Waals surface area contributed by atoms with Gasteiger partial charge in [-0.25, -0.2) is 0 Å². The summed E-state index contributed by atoms with van der Waals surface area (Å²) < 4.78 is 7.16. The van der Waals surface area contributed by atoms with Crippen LogP contribution in [0.3, 0.4) is 0 Å². The van der Waals surface area contributed by atoms with Crippen LogP contribution in [0.4, 0.5) is 11.4 Å². The van der Waals surface area contributed by atoms with Gasteiger partial charge in [0.2, 0.25) is 5.91 Å². The molecule has 1 fully saturated rings. The number of hydrogen-bond donors (Lipinski definition) is 1. The number of carbonyl (C=O) groups is 1. The number of ether oxygens (including phenoxy) is 1. The fourth-order valence-electron chi connectivity index (χ4n) is 2.41. The number of amides is 1. The van der Waals surface area contributed by atoms with Crippen molar-refractivity contribution in [2.45, 2.75) is 17.3 Å². The van der Waals surface area contributed by atoms with Gasteiger partial charge in [0.15, 0.2) is 5.16 Å². The number of nitrogens with zero attached hydrogens (tertiary/aromatic N) is 4. The van der Waals surface area contributed by atoms with Gasteiger partial charge >= 0.3 is 0 Å². The van der Waals surface area contributed by atoms with Gasteiger partial charge in [0.05, 0.1) is 18.5 Å². The van der Waals surface area contributed by atoms with Crippen LogP contribution in [-0.4, -0.2) is 52.2 Å². The summed E-state index contributed by atoms with van der Waals surface area (Å²) in [4.78, 5) is 14.6. The maximum atomic E-state index is 12.3. The highest BCUT2D eigenvalue weighted by Crippen LogP contribution is 2.23. The number of nitrogens with one attached hydrogen (secondary N) is 1. The Hall–Kier alpha value is -2.06. The van der Waals surface area contributed by atoms with E-state index in [4.69, 9.17) is 4.74 Å². The summed E-state index contributed by atoms with van der Waals surface area (Å²) in [6, 6.07) is 7.92. The third-order valence-corrected chi connectivity index (χ3v) is 4.98. The van der Waals surface area contributed by atoms with E-state index in [1.807, 2.05) is 38.2 Å². The van der Waals surface area contributed by atoms with Crippen molar-refractivity contribution in [1.82, 2.24) is 14.8 Å². The summed E-state index contributed by atoms with van der Waals surface area (Å²) >= 11 is 1.39. The van der Waals surface area contributed by atoms with Gasteiger partial charge in [-0.2, -0.15) is 0 Å². The lowest BCUT2D eigenvalue weighted by Crippen LogP contribution is -2.36. The molecule has 1 amide bonds. The molecule has 1 N–H and O–H groups in total. The molecule has 2 heterocycles. The third-order valence-electron chi connectivity index (χ3n) is 3.83. The lowest BCUT2D eigenvalue weighted by molar-refractivity contribution is -0.115. The first-order chi connectivity index (χ1) is 11.6. The van der Waals surface area contributed by atoms with Crippen LogP contribution in [0.25, 0.3) is 0 Å². The molecule has 0 bridgehead atoms. The van der Waals surface area contributed by atoms with Crippen molar-refractivity contribution in [3.8, 4) is 0 Å². The van der Waals surface area contributed by atoms with Crippen molar-refractivity contribution < 1.29 is 9.53 Å². The van der Waals surface area contributed by atoms with Gasteiger partial charge in [0.25, 0.3) is 0 Å². The van der Waals surface area contributed by atoms with Crippen LogP contribution < -0.4 is 10.2 Å². The predicted molar refractivity (Wildman–Crippen MR) is 94.4 cm³/mol. The standard InChI is InChI=1S/C16H21N5O2S/c1-12(24-16-19-17-11-20(16)2)15(22)18-13-3-5-14(6-4-13)21-7-9-23-10-8-21/h3-6,11-12H,7-10H2,1-2H3,(H,18,22). The van der Waals surface area contributed by atoms with Crippen molar-refractivity contribution >= 4 is 29.0 Å². The molecule has 128 valence electrons. The Bertz CT molecular complexity index is 682. The van der Waals surface area contributed by atoms with Crippen LogP contribution in [-0.2, 0) is 16.6 Å². The summed E-state index contributed by atoms with van der Waals surface area (Å²) in [6.07, 6.45) is 1.62. The van der Waals surface area contributed by atoms with E-state index in [1.54, 1.807) is 10.9 Å². The van der Waals surface area contributed by atoms with Gasteiger partial charge in [0.1, 0.15) is 6.33 Å². The van der Waals surface area contributed by atoms with Crippen LogP contribution in [0.1, 0.15) is 6.92 Å². The van der Waals surface area contributed by atoms with E-state index in [0.29, 0.717) is 0 Å². The zero-order chi connectivity index (χ0) is 16.9. The molecule has 1 aliphatic heterocycles. The van der Waals surface area contributed by atoms with Gasteiger partial charge in [-0.15, -0.1) is 10.2 Å². The van der Waals surface area contributed by atoms with E-state index < -0.39 is 0 Å². The number of benzene rings is 1. The highest BCUT2D eigenvalue weighted by atomic mass is 32.2. The molecule has 1 atom stereocenters. The molecule has 0 radical (unpaired) electrons. The van der Waals surface area contributed by atoms with Crippen molar-refractivity contribution in [3.63, 3.8) is 0 Å². The zero-order valence-electron chi connectivity index (χ0n) is 13.8. The molecule has 0 spiro atoms. The van der Waals surface area contributed by atoms with E-state index in [9.17, 15) is 4.79 Å². The SMILES string of the molecule is CC(Sc1nncn1C)C(=O)Nc1ccc(N2CCOCC2)cc1. The molecule has 2 aromatic rings. The minimum atomic E-state index is -0.258. The topological polar surface area (TPSA) is 72.3 Å². The minimum absolute atomic E-state index is 0.0536. The van der Waals surface area contributed by atoms with Gasteiger partial charge in [-0.3, -0.25) is 4.79 Å². The van der Waals surface area contributed by atoms with Gasteiger partial charge < -0.3 is 19.5 Å². The molecule has 8 heteroatoms. The number of morpholine rings is 1. The lowest BCUT2D eigenvalue weighted by atomic mass is 10.2. The fraction of sp³-hybridized carbons (Fsp3) is 0.438. The Morgan fingerprint density at radius 2 is 2.00 bits per heavy atom. The second kappa shape index (κ2) is 7.67. The Morgan fingerprint density at radius 1 is 1.29 bits per heavy atom. The van der Waals surface area contributed by atoms with E-state index in [2.05, 4.69) is 20.4 Å². The Morgan fingerprint density at radius 3 is 2.62 bits per heavy atom. The van der Waals surface area contributed by atoms with Gasteiger partial charge in [-0.1, -0.05) is 11.8 Å². The first-order valence-electron chi connectivity index (χ1n) is 7.88. The van der Waals surface area contributed by atoms with E-state index in [0.717, 1.165) is 42.8 Å². The largest absolute Gasteiger partial charge is 0.378 e. The summed E-state index contributed by atoms with van der Waals surface area (Å²) in [5.41, 5.74) is 1.94. The second-order valence-electron chi connectivity index (χ2n) is 5.62. The quantitative estimate of drug-likeness (QED) is 0.831. The Labute approximate surface area is 145 Å². The molecule has 3 rings (SSSR count). The summed E-state index contributed by atoms with van der Waals surface area (Å²) in [7, 11) is 1.86. The summed E-state index contributed by atoms with van der Waals surface area (Å²) in [5, 5.41) is 11.2. The normalized spacial score (nSPS) is 16.0. The van der Waals surface area contributed by atoms with Crippen LogP contribution in [0.2, 0.25) is 0 Å². The van der Waals surface area contributed by atoms with E-state index >= 15 is 0 Å². The van der Waals surface area contributed by atoms with Crippen molar-refractivity contribution in [2.75, 3.05) is 36.5 Å². The maximum absolute atomic E-state index is 12.3. The molecule has 0 saturated carbocycles. The molecular weight excluding hydrogens is 326 g/mol. The van der Waals surface area contributed by atoms with E-state index in [-0.39, 0.29) is 11.2 Å². The van der Waals surface area contributed by atoms with Crippen molar-refractivity contribution in [3.05, 3.63) is 30.6 Å². The molecule has 1 aliphatic rings. The second-order valence-corrected chi connectivity index (χ2v) is 6.93. The van der Waals surface area contributed by atoms with Gasteiger partial charge in [-0.05, 0) is 31.2 Å². The number of thioether (sulfide) groups is 1. The fourth-order valence-corrected chi connectivity index (χ4v) is 3.20. The Balaban J connectivity index is 1.56. The molecule has 1 saturated heterocycles.